The molecule has 2 unspecified atom stereocenters. The predicted molar refractivity (Wildman–Crippen MR) is 125 cm³/mol. The summed E-state index contributed by atoms with van der Waals surface area (Å²) >= 11 is 3.28. The first-order valence-electron chi connectivity index (χ1n) is 10.8. The minimum Gasteiger partial charge on any atom is -0.350 e. The van der Waals surface area contributed by atoms with E-state index in [1.807, 2.05) is 0 Å². The van der Waals surface area contributed by atoms with Crippen LogP contribution in [0, 0.1) is 16.0 Å². The van der Waals surface area contributed by atoms with Crippen molar-refractivity contribution in [3.05, 3.63) is 39.9 Å². The van der Waals surface area contributed by atoms with Gasteiger partial charge in [0.25, 0.3) is 5.69 Å². The van der Waals surface area contributed by atoms with E-state index in [9.17, 15) is 19.7 Å². The summed E-state index contributed by atoms with van der Waals surface area (Å²) in [4.78, 5) is 35.7. The molecule has 2 atom stereocenters. The molecule has 10 heteroatoms. The second-order valence-corrected chi connectivity index (χ2v) is 10.2. The fourth-order valence-corrected chi connectivity index (χ4v) is 5.98. The van der Waals surface area contributed by atoms with Gasteiger partial charge in [-0.2, -0.15) is 11.8 Å². The summed E-state index contributed by atoms with van der Waals surface area (Å²) in [6.07, 6.45) is 6.38. The van der Waals surface area contributed by atoms with Crippen molar-refractivity contribution in [2.45, 2.75) is 50.1 Å². The van der Waals surface area contributed by atoms with E-state index in [4.69, 9.17) is 0 Å². The number of carbonyl (C=O) groups is 2. The normalized spacial score (nSPS) is 20.2. The zero-order chi connectivity index (χ0) is 22.1. The number of hydrogen-bond donors (Lipinski definition) is 3. The van der Waals surface area contributed by atoms with Crippen molar-refractivity contribution >= 4 is 41.0 Å². The van der Waals surface area contributed by atoms with Crippen molar-refractivity contribution in [1.82, 2.24) is 16.0 Å². The molecule has 1 aromatic rings. The summed E-state index contributed by atoms with van der Waals surface area (Å²) < 4.78 is 0. The van der Waals surface area contributed by atoms with Crippen LogP contribution in [0.5, 0.6) is 0 Å². The van der Waals surface area contributed by atoms with Crippen LogP contribution >= 0.6 is 23.5 Å². The van der Waals surface area contributed by atoms with Crippen LogP contribution in [-0.4, -0.2) is 52.0 Å². The lowest BCUT2D eigenvalue weighted by atomic mass is 9.91. The highest BCUT2D eigenvalue weighted by atomic mass is 32.2. The Balaban J connectivity index is 1.53. The summed E-state index contributed by atoms with van der Waals surface area (Å²) in [6, 6.07) is 5.49. The maximum absolute atomic E-state index is 12.8. The molecule has 1 aliphatic carbocycles. The number of thioether (sulfide) groups is 2. The third kappa shape index (κ3) is 7.69. The van der Waals surface area contributed by atoms with Gasteiger partial charge in [0.15, 0.2) is 0 Å². The minimum atomic E-state index is -0.609. The Bertz CT molecular complexity index is 750. The zero-order valence-electron chi connectivity index (χ0n) is 17.5. The number of nitrogens with zero attached hydrogens (tertiary/aromatic N) is 1. The van der Waals surface area contributed by atoms with Crippen LogP contribution in [0.3, 0.4) is 0 Å². The summed E-state index contributed by atoms with van der Waals surface area (Å²) in [7, 11) is 0. The standard InChI is InChI=1S/C21H30N4O4S2/c26-19(23-12-15-6-8-17(9-7-15)25(28)29)18(24-20(27)21-22-10-11-31-21)14-30-13-16-4-2-1-3-5-16/h6-9,16,18,21-22H,1-5,10-14H2,(H,23,26)(H,24,27). The van der Waals surface area contributed by atoms with Crippen molar-refractivity contribution in [2.24, 2.45) is 5.92 Å². The highest BCUT2D eigenvalue weighted by molar-refractivity contribution is 8.00. The quantitative estimate of drug-likeness (QED) is 0.359. The summed E-state index contributed by atoms with van der Waals surface area (Å²) in [5, 5.41) is 19.4. The van der Waals surface area contributed by atoms with Crippen LogP contribution in [0.2, 0.25) is 0 Å². The third-order valence-corrected chi connectivity index (χ3v) is 7.99. The van der Waals surface area contributed by atoms with Crippen molar-refractivity contribution in [2.75, 3.05) is 23.8 Å². The van der Waals surface area contributed by atoms with Crippen LogP contribution in [-0.2, 0) is 16.1 Å². The largest absolute Gasteiger partial charge is 0.350 e. The molecular formula is C21H30N4O4S2. The Hall–Kier alpha value is -1.78. The molecule has 2 amide bonds. The fraction of sp³-hybridized carbons (Fsp3) is 0.619. The summed E-state index contributed by atoms with van der Waals surface area (Å²) in [5.74, 6) is 2.74. The van der Waals surface area contributed by atoms with Crippen LogP contribution in [0.15, 0.2) is 24.3 Å². The number of nitrogens with one attached hydrogen (secondary N) is 3. The molecule has 1 aliphatic heterocycles. The SMILES string of the molecule is O=C(NCc1ccc([N+](=O)[O-])cc1)C(CSCC1CCCCC1)NC(=O)C1NCCS1. The first-order valence-corrected chi connectivity index (χ1v) is 13.0. The molecule has 3 N–H and O–H groups in total. The van der Waals surface area contributed by atoms with Crippen molar-refractivity contribution in [3.8, 4) is 0 Å². The van der Waals surface area contributed by atoms with Crippen LogP contribution < -0.4 is 16.0 Å². The Kier molecular flexibility index (Phi) is 9.48. The Morgan fingerprint density at radius 2 is 1.97 bits per heavy atom. The van der Waals surface area contributed by atoms with E-state index in [2.05, 4.69) is 16.0 Å². The molecule has 2 fully saturated rings. The van der Waals surface area contributed by atoms with E-state index >= 15 is 0 Å². The lowest BCUT2D eigenvalue weighted by Crippen LogP contribution is -2.52. The lowest BCUT2D eigenvalue weighted by Gasteiger charge is -2.23. The molecular weight excluding hydrogens is 436 g/mol. The number of non-ortho nitro benzene ring substituents is 1. The van der Waals surface area contributed by atoms with Gasteiger partial charge in [-0.05, 0) is 30.1 Å². The molecule has 0 radical (unpaired) electrons. The second kappa shape index (κ2) is 12.3. The number of benzene rings is 1. The zero-order valence-corrected chi connectivity index (χ0v) is 19.1. The maximum atomic E-state index is 12.8. The highest BCUT2D eigenvalue weighted by Gasteiger charge is 2.28. The number of hydrogen-bond acceptors (Lipinski definition) is 7. The smallest absolute Gasteiger partial charge is 0.269 e. The molecule has 170 valence electrons. The van der Waals surface area contributed by atoms with Crippen LogP contribution in [0.4, 0.5) is 5.69 Å². The topological polar surface area (TPSA) is 113 Å². The van der Waals surface area contributed by atoms with E-state index in [0.29, 0.717) is 11.7 Å². The Morgan fingerprint density at radius 1 is 1.23 bits per heavy atom. The Morgan fingerprint density at radius 3 is 2.61 bits per heavy atom. The average molecular weight is 467 g/mol. The average Bonchev–Trinajstić information content (AvgIpc) is 3.33. The van der Waals surface area contributed by atoms with Gasteiger partial charge in [-0.1, -0.05) is 31.4 Å². The number of carbonyl (C=O) groups excluding carboxylic acids is 2. The fourth-order valence-electron chi connectivity index (χ4n) is 3.78. The van der Waals surface area contributed by atoms with E-state index in [1.54, 1.807) is 35.7 Å². The van der Waals surface area contributed by atoms with Gasteiger partial charge >= 0.3 is 0 Å². The van der Waals surface area contributed by atoms with Crippen LogP contribution in [0.25, 0.3) is 0 Å². The lowest BCUT2D eigenvalue weighted by molar-refractivity contribution is -0.384. The van der Waals surface area contributed by atoms with Gasteiger partial charge in [0.1, 0.15) is 11.4 Å². The van der Waals surface area contributed by atoms with Crippen LogP contribution in [0.1, 0.15) is 37.7 Å². The summed E-state index contributed by atoms with van der Waals surface area (Å²) in [5.41, 5.74) is 0.785. The van der Waals surface area contributed by atoms with Gasteiger partial charge in [0, 0.05) is 36.7 Å². The van der Waals surface area contributed by atoms with Gasteiger partial charge in [-0.3, -0.25) is 25.0 Å². The van der Waals surface area contributed by atoms with Crippen molar-refractivity contribution < 1.29 is 14.5 Å². The van der Waals surface area contributed by atoms with Gasteiger partial charge in [0.2, 0.25) is 11.8 Å². The molecule has 0 bridgehead atoms. The first-order chi connectivity index (χ1) is 15.0. The molecule has 31 heavy (non-hydrogen) atoms. The van der Waals surface area contributed by atoms with Gasteiger partial charge in [-0.15, -0.1) is 11.8 Å². The number of amides is 2. The van der Waals surface area contributed by atoms with Gasteiger partial charge in [0.05, 0.1) is 4.92 Å². The third-order valence-electron chi connectivity index (χ3n) is 5.56. The Labute approximate surface area is 191 Å². The van der Waals surface area contributed by atoms with E-state index in [-0.39, 0.29) is 29.4 Å². The number of nitro benzene ring substituents is 1. The second-order valence-electron chi connectivity index (χ2n) is 7.95. The molecule has 2 aliphatic rings. The predicted octanol–water partition coefficient (Wildman–Crippen LogP) is 2.67. The number of rotatable bonds is 10. The maximum Gasteiger partial charge on any atom is 0.269 e. The van der Waals surface area contributed by atoms with E-state index in [1.165, 1.54) is 44.2 Å². The van der Waals surface area contributed by atoms with E-state index < -0.39 is 11.0 Å². The summed E-state index contributed by atoms with van der Waals surface area (Å²) in [6.45, 7) is 1.04. The molecule has 1 saturated carbocycles. The number of nitro groups is 1. The van der Waals surface area contributed by atoms with Crippen molar-refractivity contribution in [3.63, 3.8) is 0 Å². The molecule has 1 aromatic carbocycles. The molecule has 3 rings (SSSR count). The van der Waals surface area contributed by atoms with Gasteiger partial charge in [-0.25, -0.2) is 0 Å². The first kappa shape index (κ1) is 23.9. The minimum absolute atomic E-state index is 0.0147. The molecule has 1 saturated heterocycles. The molecule has 1 heterocycles. The monoisotopic (exact) mass is 466 g/mol. The van der Waals surface area contributed by atoms with E-state index in [0.717, 1.165) is 23.6 Å². The van der Waals surface area contributed by atoms with Crippen molar-refractivity contribution in [1.29, 1.82) is 0 Å². The molecule has 8 nitrogen and oxygen atoms in total. The van der Waals surface area contributed by atoms with Gasteiger partial charge < -0.3 is 10.6 Å². The molecule has 0 spiro atoms. The molecule has 0 aromatic heterocycles. The highest BCUT2D eigenvalue weighted by Crippen LogP contribution is 2.27.